The fraction of sp³-hybridized carbons (Fsp3) is 0.947. The van der Waals surface area contributed by atoms with Crippen LogP contribution in [0.5, 0.6) is 0 Å². The first-order valence-electron chi connectivity index (χ1n) is 8.82. The van der Waals surface area contributed by atoms with Crippen molar-refractivity contribution in [3.05, 3.63) is 0 Å². The monoisotopic (exact) mass is 298 g/mol. The van der Waals surface area contributed by atoms with Crippen molar-refractivity contribution in [3.8, 4) is 0 Å². The highest BCUT2D eigenvalue weighted by atomic mass is 16.5. The molecule has 0 fully saturated rings. The molecule has 0 aliphatic carbocycles. The van der Waals surface area contributed by atoms with E-state index in [2.05, 4.69) is 34.6 Å². The molecule has 0 aromatic heterocycles. The smallest absolute Gasteiger partial charge is 0.306 e. The molecule has 0 aromatic carbocycles. The van der Waals surface area contributed by atoms with Crippen LogP contribution in [0.25, 0.3) is 0 Å². The average Bonchev–Trinajstić information content (AvgIpc) is 2.30. The Balaban J connectivity index is 3.55. The molecular weight excluding hydrogens is 260 g/mol. The van der Waals surface area contributed by atoms with Gasteiger partial charge in [-0.2, -0.15) is 0 Å². The van der Waals surface area contributed by atoms with Gasteiger partial charge in [0.2, 0.25) is 0 Å². The summed E-state index contributed by atoms with van der Waals surface area (Å²) < 4.78 is 5.04. The maximum Gasteiger partial charge on any atom is 0.306 e. The lowest BCUT2D eigenvalue weighted by molar-refractivity contribution is -0.145. The predicted molar refractivity (Wildman–Crippen MR) is 91.4 cm³/mol. The van der Waals surface area contributed by atoms with Crippen molar-refractivity contribution in [1.29, 1.82) is 0 Å². The second kappa shape index (κ2) is 10.2. The average molecular weight is 299 g/mol. The van der Waals surface area contributed by atoms with E-state index in [0.717, 1.165) is 6.42 Å². The van der Waals surface area contributed by atoms with E-state index in [1.807, 2.05) is 6.92 Å². The molecule has 0 heterocycles. The third-order valence-electron chi connectivity index (χ3n) is 3.96. The van der Waals surface area contributed by atoms with E-state index in [1.165, 1.54) is 44.9 Å². The highest BCUT2D eigenvalue weighted by Gasteiger charge is 2.22. The second-order valence-corrected chi connectivity index (χ2v) is 8.33. The Morgan fingerprint density at radius 1 is 0.810 bits per heavy atom. The summed E-state index contributed by atoms with van der Waals surface area (Å²) in [5.41, 5.74) is 0.565. The predicted octanol–water partition coefficient (Wildman–Crippen LogP) is 6.13. The first-order chi connectivity index (χ1) is 9.66. The van der Waals surface area contributed by atoms with Gasteiger partial charge >= 0.3 is 5.97 Å². The van der Waals surface area contributed by atoms with Crippen LogP contribution in [0.15, 0.2) is 0 Å². The van der Waals surface area contributed by atoms with E-state index in [1.54, 1.807) is 0 Å². The van der Waals surface area contributed by atoms with Gasteiger partial charge in [-0.1, -0.05) is 73.1 Å². The fourth-order valence-corrected chi connectivity index (χ4v) is 2.66. The first kappa shape index (κ1) is 20.5. The minimum atomic E-state index is -0.0512. The van der Waals surface area contributed by atoms with Crippen LogP contribution in [0.4, 0.5) is 0 Å². The van der Waals surface area contributed by atoms with Gasteiger partial charge in [-0.15, -0.1) is 0 Å². The van der Waals surface area contributed by atoms with Gasteiger partial charge in [0, 0.05) is 0 Å². The maximum absolute atomic E-state index is 11.5. The Hall–Kier alpha value is -0.530. The lowest BCUT2D eigenvalue weighted by Crippen LogP contribution is -2.18. The van der Waals surface area contributed by atoms with Crippen LogP contribution in [-0.2, 0) is 9.53 Å². The van der Waals surface area contributed by atoms with Crippen LogP contribution in [0.3, 0.4) is 0 Å². The zero-order valence-electron chi connectivity index (χ0n) is 15.4. The molecule has 0 saturated heterocycles. The Morgan fingerprint density at radius 2 is 1.29 bits per heavy atom. The molecule has 0 unspecified atom stereocenters. The molecule has 2 heteroatoms. The fourth-order valence-electron chi connectivity index (χ4n) is 2.66. The number of esters is 1. The largest absolute Gasteiger partial charge is 0.466 e. The summed E-state index contributed by atoms with van der Waals surface area (Å²) in [5.74, 6) is -0.0512. The van der Waals surface area contributed by atoms with E-state index in [-0.39, 0.29) is 11.4 Å². The van der Waals surface area contributed by atoms with Crippen molar-refractivity contribution in [3.63, 3.8) is 0 Å². The SMILES string of the molecule is CCOC(=O)CC(C)(C)CCCCCCCCC(C)(C)C. The van der Waals surface area contributed by atoms with Crippen molar-refractivity contribution >= 4 is 5.97 Å². The minimum Gasteiger partial charge on any atom is -0.466 e. The summed E-state index contributed by atoms with van der Waals surface area (Å²) >= 11 is 0. The van der Waals surface area contributed by atoms with Gasteiger partial charge in [0.05, 0.1) is 13.0 Å². The molecule has 0 rings (SSSR count). The number of carbonyl (C=O) groups excluding carboxylic acids is 1. The highest BCUT2D eigenvalue weighted by Crippen LogP contribution is 2.28. The van der Waals surface area contributed by atoms with Gasteiger partial charge in [0.15, 0.2) is 0 Å². The summed E-state index contributed by atoms with van der Waals surface area (Å²) in [6.07, 6.45) is 10.9. The van der Waals surface area contributed by atoms with E-state index in [4.69, 9.17) is 4.74 Å². The molecule has 0 spiro atoms. The molecule has 0 aliphatic rings. The third kappa shape index (κ3) is 14.2. The van der Waals surface area contributed by atoms with E-state index >= 15 is 0 Å². The molecule has 0 N–H and O–H groups in total. The summed E-state index contributed by atoms with van der Waals surface area (Å²) in [6, 6.07) is 0. The molecule has 2 nitrogen and oxygen atoms in total. The van der Waals surface area contributed by atoms with Gasteiger partial charge in [0.25, 0.3) is 0 Å². The quantitative estimate of drug-likeness (QED) is 0.338. The Labute approximate surface area is 133 Å². The van der Waals surface area contributed by atoms with Crippen molar-refractivity contribution in [2.24, 2.45) is 10.8 Å². The summed E-state index contributed by atoms with van der Waals surface area (Å²) in [7, 11) is 0. The number of unbranched alkanes of at least 4 members (excludes halogenated alkanes) is 5. The third-order valence-corrected chi connectivity index (χ3v) is 3.96. The van der Waals surface area contributed by atoms with Crippen molar-refractivity contribution in [2.45, 2.75) is 99.3 Å². The van der Waals surface area contributed by atoms with Crippen molar-refractivity contribution in [1.82, 2.24) is 0 Å². The number of hydrogen-bond donors (Lipinski definition) is 0. The van der Waals surface area contributed by atoms with Crippen LogP contribution >= 0.6 is 0 Å². The number of ether oxygens (including phenoxy) is 1. The molecule has 0 radical (unpaired) electrons. The zero-order valence-corrected chi connectivity index (χ0v) is 15.4. The molecule has 0 aliphatic heterocycles. The van der Waals surface area contributed by atoms with Crippen LogP contribution in [-0.4, -0.2) is 12.6 Å². The highest BCUT2D eigenvalue weighted by molar-refractivity contribution is 5.70. The van der Waals surface area contributed by atoms with Crippen LogP contribution in [0.2, 0.25) is 0 Å². The standard InChI is InChI=1S/C19H38O2/c1-7-21-17(20)16-19(5,6)15-13-11-9-8-10-12-14-18(2,3)4/h7-16H2,1-6H3. The number of rotatable bonds is 11. The molecule has 0 amide bonds. The first-order valence-corrected chi connectivity index (χ1v) is 8.82. The van der Waals surface area contributed by atoms with Crippen LogP contribution in [0.1, 0.15) is 99.3 Å². The van der Waals surface area contributed by atoms with E-state index in [0.29, 0.717) is 18.4 Å². The topological polar surface area (TPSA) is 26.3 Å². The molecule has 126 valence electrons. The molecule has 21 heavy (non-hydrogen) atoms. The molecular formula is C19H38O2. The van der Waals surface area contributed by atoms with Gasteiger partial charge in [-0.25, -0.2) is 0 Å². The second-order valence-electron chi connectivity index (χ2n) is 8.33. The summed E-state index contributed by atoms with van der Waals surface area (Å²) in [4.78, 5) is 11.5. The summed E-state index contributed by atoms with van der Waals surface area (Å²) in [5, 5.41) is 0. The van der Waals surface area contributed by atoms with Crippen LogP contribution < -0.4 is 0 Å². The minimum absolute atomic E-state index is 0.0512. The van der Waals surface area contributed by atoms with Gasteiger partial charge in [-0.05, 0) is 30.6 Å². The number of hydrogen-bond acceptors (Lipinski definition) is 2. The molecule has 0 bridgehead atoms. The van der Waals surface area contributed by atoms with Gasteiger partial charge in [-0.3, -0.25) is 4.79 Å². The van der Waals surface area contributed by atoms with Crippen molar-refractivity contribution < 1.29 is 9.53 Å². The summed E-state index contributed by atoms with van der Waals surface area (Å²) in [6.45, 7) is 13.7. The lowest BCUT2D eigenvalue weighted by Gasteiger charge is -2.23. The Morgan fingerprint density at radius 3 is 1.76 bits per heavy atom. The number of carbonyl (C=O) groups is 1. The molecule has 0 atom stereocenters. The van der Waals surface area contributed by atoms with Gasteiger partial charge in [0.1, 0.15) is 0 Å². The maximum atomic E-state index is 11.5. The lowest BCUT2D eigenvalue weighted by atomic mass is 9.83. The van der Waals surface area contributed by atoms with Crippen LogP contribution in [0, 0.1) is 10.8 Å². The van der Waals surface area contributed by atoms with Gasteiger partial charge < -0.3 is 4.74 Å². The van der Waals surface area contributed by atoms with E-state index in [9.17, 15) is 4.79 Å². The molecule has 0 saturated carbocycles. The molecule has 0 aromatic rings. The van der Waals surface area contributed by atoms with E-state index < -0.39 is 0 Å². The Kier molecular flexibility index (Phi) is 9.98. The zero-order chi connectivity index (χ0) is 16.4. The van der Waals surface area contributed by atoms with Crippen molar-refractivity contribution in [2.75, 3.05) is 6.61 Å². The normalized spacial score (nSPS) is 12.5. The Bertz CT molecular complexity index is 274.